The predicted molar refractivity (Wildman–Crippen MR) is 80.2 cm³/mol. The summed E-state index contributed by atoms with van der Waals surface area (Å²) in [5.41, 5.74) is 1.78. The van der Waals surface area contributed by atoms with Crippen LogP contribution in [0.15, 0.2) is 35.5 Å². The van der Waals surface area contributed by atoms with E-state index in [1.54, 1.807) is 31.4 Å². The Kier molecular flexibility index (Phi) is 4.42. The van der Waals surface area contributed by atoms with Crippen LogP contribution in [0.25, 0.3) is 0 Å². The molecule has 2 rings (SSSR count). The van der Waals surface area contributed by atoms with Gasteiger partial charge in [-0.05, 0) is 24.6 Å². The van der Waals surface area contributed by atoms with E-state index in [9.17, 15) is 8.42 Å². The molecule has 0 aliphatic heterocycles. The molecule has 112 valence electrons. The highest BCUT2D eigenvalue weighted by Crippen LogP contribution is 2.20. The zero-order chi connectivity index (χ0) is 15.5. The van der Waals surface area contributed by atoms with E-state index < -0.39 is 9.84 Å². The Labute approximate surface area is 124 Å². The van der Waals surface area contributed by atoms with E-state index in [0.29, 0.717) is 23.1 Å². The van der Waals surface area contributed by atoms with Crippen LogP contribution in [-0.4, -0.2) is 31.8 Å². The molecule has 0 saturated heterocycles. The smallest absolute Gasteiger partial charge is 0.221 e. The molecule has 1 heterocycles. The van der Waals surface area contributed by atoms with Crippen molar-refractivity contribution in [2.45, 2.75) is 18.4 Å². The molecule has 0 atom stereocenters. The van der Waals surface area contributed by atoms with E-state index in [0.717, 1.165) is 11.1 Å². The van der Waals surface area contributed by atoms with Crippen LogP contribution in [0, 0.1) is 6.92 Å². The van der Waals surface area contributed by atoms with Crippen molar-refractivity contribution in [3.05, 3.63) is 41.7 Å². The number of hydrogen-bond donors (Lipinski definition) is 1. The van der Waals surface area contributed by atoms with E-state index in [4.69, 9.17) is 4.74 Å². The summed E-state index contributed by atoms with van der Waals surface area (Å²) in [5, 5.41) is 3.18. The van der Waals surface area contributed by atoms with Gasteiger partial charge in [0.05, 0.1) is 17.6 Å². The second-order valence-corrected chi connectivity index (χ2v) is 6.64. The zero-order valence-corrected chi connectivity index (χ0v) is 12.9. The minimum Gasteiger partial charge on any atom is -0.481 e. The molecule has 0 spiro atoms. The van der Waals surface area contributed by atoms with Crippen LogP contribution in [0.2, 0.25) is 0 Å². The summed E-state index contributed by atoms with van der Waals surface area (Å²) in [6, 6.07) is 6.74. The predicted octanol–water partition coefficient (Wildman–Crippen LogP) is 1.81. The van der Waals surface area contributed by atoms with E-state index in [2.05, 4.69) is 15.3 Å². The normalized spacial score (nSPS) is 11.2. The molecule has 1 N–H and O–H groups in total. The number of methoxy groups -OCH3 is 1. The van der Waals surface area contributed by atoms with Crippen molar-refractivity contribution >= 4 is 15.7 Å². The Hall–Kier alpha value is -2.15. The molecule has 1 aromatic heterocycles. The first-order valence-corrected chi connectivity index (χ1v) is 8.19. The van der Waals surface area contributed by atoms with Gasteiger partial charge in [0.25, 0.3) is 0 Å². The molecule has 0 unspecified atom stereocenters. The topological polar surface area (TPSA) is 81.2 Å². The van der Waals surface area contributed by atoms with Crippen molar-refractivity contribution in [2.75, 3.05) is 18.7 Å². The molecule has 0 fully saturated rings. The van der Waals surface area contributed by atoms with Gasteiger partial charge in [0, 0.05) is 12.8 Å². The number of hydrogen-bond acceptors (Lipinski definition) is 6. The van der Waals surface area contributed by atoms with Gasteiger partial charge >= 0.3 is 0 Å². The summed E-state index contributed by atoms with van der Waals surface area (Å²) < 4.78 is 27.9. The van der Waals surface area contributed by atoms with Crippen molar-refractivity contribution < 1.29 is 13.2 Å². The average Bonchev–Trinajstić information content (AvgIpc) is 2.46. The van der Waals surface area contributed by atoms with E-state index in [-0.39, 0.29) is 0 Å². The molecule has 2 aromatic rings. The minimum atomic E-state index is -3.16. The highest BCUT2D eigenvalue weighted by atomic mass is 32.2. The van der Waals surface area contributed by atoms with Crippen molar-refractivity contribution in [1.29, 1.82) is 0 Å². The molecule has 0 bridgehead atoms. The van der Waals surface area contributed by atoms with Gasteiger partial charge in [0.2, 0.25) is 5.88 Å². The summed E-state index contributed by atoms with van der Waals surface area (Å²) in [6.07, 6.45) is 2.62. The molecule has 0 aliphatic carbocycles. The quantitative estimate of drug-likeness (QED) is 0.907. The maximum atomic E-state index is 11.4. The molecular weight excluding hydrogens is 290 g/mol. The summed E-state index contributed by atoms with van der Waals surface area (Å²) >= 11 is 0. The van der Waals surface area contributed by atoms with Gasteiger partial charge in [-0.2, -0.15) is 0 Å². The Balaban J connectivity index is 2.10. The van der Waals surface area contributed by atoms with Gasteiger partial charge in [-0.25, -0.2) is 18.4 Å². The van der Waals surface area contributed by atoms with Crippen LogP contribution >= 0.6 is 0 Å². The third-order valence-corrected chi connectivity index (χ3v) is 4.17. The first-order valence-electron chi connectivity index (χ1n) is 6.30. The fourth-order valence-corrected chi connectivity index (χ4v) is 2.49. The van der Waals surface area contributed by atoms with Crippen LogP contribution in [0.3, 0.4) is 0 Å². The van der Waals surface area contributed by atoms with Crippen molar-refractivity contribution in [3.63, 3.8) is 0 Å². The molecule has 6 nitrogen and oxygen atoms in total. The number of nitrogens with one attached hydrogen (secondary N) is 1. The summed E-state index contributed by atoms with van der Waals surface area (Å²) in [5.74, 6) is 1.22. The summed E-state index contributed by atoms with van der Waals surface area (Å²) in [7, 11) is -1.60. The minimum absolute atomic E-state index is 0.311. The monoisotopic (exact) mass is 307 g/mol. The molecule has 21 heavy (non-hydrogen) atoms. The van der Waals surface area contributed by atoms with Gasteiger partial charge in [-0.15, -0.1) is 0 Å². The lowest BCUT2D eigenvalue weighted by molar-refractivity contribution is 0.393. The molecule has 0 saturated carbocycles. The third kappa shape index (κ3) is 3.69. The number of anilines is 1. The Bertz CT molecular complexity index is 728. The highest BCUT2D eigenvalue weighted by Gasteiger charge is 2.08. The van der Waals surface area contributed by atoms with Crippen molar-refractivity contribution in [3.8, 4) is 5.88 Å². The summed E-state index contributed by atoms with van der Waals surface area (Å²) in [6.45, 7) is 2.40. The number of benzene rings is 1. The maximum absolute atomic E-state index is 11.4. The van der Waals surface area contributed by atoms with E-state index in [1.807, 2.05) is 6.92 Å². The second kappa shape index (κ2) is 6.09. The zero-order valence-electron chi connectivity index (χ0n) is 12.1. The van der Waals surface area contributed by atoms with Crippen molar-refractivity contribution in [1.82, 2.24) is 9.97 Å². The number of rotatable bonds is 5. The van der Waals surface area contributed by atoms with Gasteiger partial charge in [-0.1, -0.05) is 12.1 Å². The van der Waals surface area contributed by atoms with Gasteiger partial charge in [0.15, 0.2) is 9.84 Å². The van der Waals surface area contributed by atoms with E-state index >= 15 is 0 Å². The third-order valence-electron chi connectivity index (χ3n) is 3.04. The van der Waals surface area contributed by atoms with Crippen LogP contribution in [0.1, 0.15) is 11.1 Å². The molecule has 0 aliphatic rings. The Morgan fingerprint density at radius 3 is 2.43 bits per heavy atom. The van der Waals surface area contributed by atoms with Gasteiger partial charge in [-0.3, -0.25) is 0 Å². The van der Waals surface area contributed by atoms with Crippen LogP contribution < -0.4 is 10.1 Å². The SMILES string of the molecule is COc1ncnc(NCc2ccc(S(C)(=O)=O)cc2)c1C. The second-order valence-electron chi connectivity index (χ2n) is 4.63. The highest BCUT2D eigenvalue weighted by molar-refractivity contribution is 7.90. The van der Waals surface area contributed by atoms with Gasteiger partial charge in [0.1, 0.15) is 12.1 Å². The number of nitrogens with zero attached hydrogens (tertiary/aromatic N) is 2. The maximum Gasteiger partial charge on any atom is 0.221 e. The lowest BCUT2D eigenvalue weighted by Crippen LogP contribution is -2.05. The molecule has 0 radical (unpaired) electrons. The van der Waals surface area contributed by atoms with Crippen molar-refractivity contribution in [2.24, 2.45) is 0 Å². The lowest BCUT2D eigenvalue weighted by Gasteiger charge is -2.10. The molecule has 1 aromatic carbocycles. The number of sulfone groups is 1. The van der Waals surface area contributed by atoms with Crippen LogP contribution in [0.4, 0.5) is 5.82 Å². The Morgan fingerprint density at radius 2 is 1.86 bits per heavy atom. The lowest BCUT2D eigenvalue weighted by atomic mass is 10.2. The fourth-order valence-electron chi connectivity index (χ4n) is 1.86. The number of ether oxygens (including phenoxy) is 1. The molecular formula is C14H17N3O3S. The summed E-state index contributed by atoms with van der Waals surface area (Å²) in [4.78, 5) is 8.48. The van der Waals surface area contributed by atoms with Gasteiger partial charge < -0.3 is 10.1 Å². The first-order chi connectivity index (χ1) is 9.91. The Morgan fingerprint density at radius 1 is 1.19 bits per heavy atom. The standard InChI is InChI=1S/C14H17N3O3S/c1-10-13(16-9-17-14(10)20-2)15-8-11-4-6-12(7-5-11)21(3,18)19/h4-7,9H,8H2,1-3H3,(H,15,16,17). The van der Waals surface area contributed by atoms with E-state index in [1.165, 1.54) is 12.6 Å². The molecule has 0 amide bonds. The average molecular weight is 307 g/mol. The number of aromatic nitrogens is 2. The largest absolute Gasteiger partial charge is 0.481 e. The molecule has 7 heteroatoms. The fraction of sp³-hybridized carbons (Fsp3) is 0.286. The first kappa shape index (κ1) is 15.2. The van der Waals surface area contributed by atoms with Crippen LogP contribution in [-0.2, 0) is 16.4 Å². The van der Waals surface area contributed by atoms with Crippen LogP contribution in [0.5, 0.6) is 5.88 Å².